The fourth-order valence-corrected chi connectivity index (χ4v) is 5.96. The molecule has 3 aromatic carbocycles. The lowest BCUT2D eigenvalue weighted by atomic mass is 9.48. The second-order valence-corrected chi connectivity index (χ2v) is 8.42. The molecule has 3 aromatic rings. The van der Waals surface area contributed by atoms with E-state index in [-0.39, 0.29) is 29.4 Å². The van der Waals surface area contributed by atoms with Gasteiger partial charge in [-0.05, 0) is 53.4 Å². The highest BCUT2D eigenvalue weighted by atomic mass is 16.3. The highest BCUT2D eigenvalue weighted by Gasteiger charge is 2.68. The first kappa shape index (κ1) is 16.5. The van der Waals surface area contributed by atoms with Crippen molar-refractivity contribution < 1.29 is 14.7 Å². The maximum atomic E-state index is 13.8. The van der Waals surface area contributed by atoms with Crippen molar-refractivity contribution in [1.82, 2.24) is 0 Å². The number of carbonyl (C=O) groups excluding carboxylic acids is 2. The minimum atomic E-state index is -0.831. The van der Waals surface area contributed by atoms with Gasteiger partial charge in [0.25, 0.3) is 0 Å². The lowest BCUT2D eigenvalue weighted by Crippen LogP contribution is -2.49. The second-order valence-electron chi connectivity index (χ2n) is 8.42. The number of phenols is 1. The lowest BCUT2D eigenvalue weighted by Gasteiger charge is -2.51. The monoisotopic (exact) mass is 381 g/mol. The number of rotatable bonds is 1. The van der Waals surface area contributed by atoms with Gasteiger partial charge in [-0.2, -0.15) is 0 Å². The molecule has 0 spiro atoms. The molecular formula is C25H19NO3. The summed E-state index contributed by atoms with van der Waals surface area (Å²) in [6, 6.07) is 22.7. The summed E-state index contributed by atoms with van der Waals surface area (Å²) in [5.74, 6) is -0.909. The smallest absolute Gasteiger partial charge is 0.241 e. The van der Waals surface area contributed by atoms with Crippen molar-refractivity contribution in [2.75, 3.05) is 4.90 Å². The summed E-state index contributed by atoms with van der Waals surface area (Å²) in [4.78, 5) is 28.8. The molecule has 2 atom stereocenters. The van der Waals surface area contributed by atoms with Crippen molar-refractivity contribution >= 4 is 17.5 Å². The first-order valence-electron chi connectivity index (χ1n) is 9.88. The molecule has 1 saturated heterocycles. The van der Waals surface area contributed by atoms with Gasteiger partial charge in [-0.1, -0.05) is 48.5 Å². The number of nitrogens with zero attached hydrogens (tertiary/aromatic N) is 1. The van der Waals surface area contributed by atoms with Gasteiger partial charge in [0.05, 0.1) is 17.0 Å². The zero-order valence-electron chi connectivity index (χ0n) is 15.9. The van der Waals surface area contributed by atoms with Crippen molar-refractivity contribution in [1.29, 1.82) is 0 Å². The van der Waals surface area contributed by atoms with Crippen LogP contribution in [0.25, 0.3) is 0 Å². The summed E-state index contributed by atoms with van der Waals surface area (Å²) in [5.41, 5.74) is 4.32. The number of hydrogen-bond acceptors (Lipinski definition) is 3. The van der Waals surface area contributed by atoms with Crippen LogP contribution in [0, 0.1) is 11.3 Å². The first-order valence-corrected chi connectivity index (χ1v) is 9.88. The predicted octanol–water partition coefficient (Wildman–Crippen LogP) is 4.18. The minimum absolute atomic E-state index is 0.108. The number of aromatic hydroxyl groups is 1. The van der Waals surface area contributed by atoms with Crippen molar-refractivity contribution in [3.63, 3.8) is 0 Å². The fourth-order valence-electron chi connectivity index (χ4n) is 5.96. The molecule has 1 aliphatic heterocycles. The molecule has 0 unspecified atom stereocenters. The summed E-state index contributed by atoms with van der Waals surface area (Å²) in [5, 5.41) is 9.63. The molecule has 4 nitrogen and oxygen atoms in total. The normalized spacial score (nSPS) is 28.9. The maximum Gasteiger partial charge on any atom is 0.241 e. The Hall–Kier alpha value is -3.40. The van der Waals surface area contributed by atoms with Crippen molar-refractivity contribution in [2.45, 2.75) is 18.8 Å². The van der Waals surface area contributed by atoms with Gasteiger partial charge in [0, 0.05) is 11.8 Å². The molecule has 1 heterocycles. The predicted molar refractivity (Wildman–Crippen MR) is 109 cm³/mol. The fraction of sp³-hybridized carbons (Fsp3) is 0.200. The standard InChI is InChI=1S/C25H19NO3/c1-25-21-18-8-4-2-6-16(18)20(17-7-3-5-9-19(17)21)22(25)23(28)26(24(25)29)14-10-12-15(27)13-11-14/h2-13,20-22,27H,1H3/t20?,21?,22-,25+/m0/s1. The third-order valence-electron chi connectivity index (χ3n) is 7.12. The zero-order chi connectivity index (χ0) is 19.9. The van der Waals surface area contributed by atoms with Gasteiger partial charge in [0.2, 0.25) is 11.8 Å². The van der Waals surface area contributed by atoms with Crippen LogP contribution >= 0.6 is 0 Å². The molecule has 1 N–H and O–H groups in total. The largest absolute Gasteiger partial charge is 0.508 e. The summed E-state index contributed by atoms with van der Waals surface area (Å²) in [6.07, 6.45) is 0. The van der Waals surface area contributed by atoms with Gasteiger partial charge < -0.3 is 5.11 Å². The molecule has 4 heteroatoms. The number of benzene rings is 3. The Kier molecular flexibility index (Phi) is 3.05. The Labute approximate surface area is 168 Å². The highest BCUT2D eigenvalue weighted by Crippen LogP contribution is 2.67. The van der Waals surface area contributed by atoms with Crippen LogP contribution in [0.1, 0.15) is 41.0 Å². The van der Waals surface area contributed by atoms with Crippen LogP contribution in [0.2, 0.25) is 0 Å². The van der Waals surface area contributed by atoms with Gasteiger partial charge >= 0.3 is 0 Å². The molecular weight excluding hydrogens is 362 g/mol. The Morgan fingerprint density at radius 2 is 1.31 bits per heavy atom. The summed E-state index contributed by atoms with van der Waals surface area (Å²) in [7, 11) is 0. The zero-order valence-corrected chi connectivity index (χ0v) is 15.9. The Morgan fingerprint density at radius 1 is 0.793 bits per heavy atom. The van der Waals surface area contributed by atoms with Gasteiger partial charge in [-0.25, -0.2) is 4.90 Å². The van der Waals surface area contributed by atoms with E-state index in [4.69, 9.17) is 0 Å². The van der Waals surface area contributed by atoms with Crippen LogP contribution in [0.3, 0.4) is 0 Å². The highest BCUT2D eigenvalue weighted by molar-refractivity contribution is 6.25. The van der Waals surface area contributed by atoms with Crippen LogP contribution in [0.15, 0.2) is 72.8 Å². The molecule has 2 amide bonds. The van der Waals surface area contributed by atoms with E-state index in [1.165, 1.54) is 17.0 Å². The topological polar surface area (TPSA) is 57.6 Å². The number of imide groups is 1. The van der Waals surface area contributed by atoms with E-state index in [0.29, 0.717) is 5.69 Å². The Morgan fingerprint density at radius 3 is 1.86 bits per heavy atom. The average Bonchev–Trinajstić information content (AvgIpc) is 2.95. The number of phenolic OH excluding ortho intramolecular Hbond substituents is 1. The molecule has 2 bridgehead atoms. The van der Waals surface area contributed by atoms with Crippen LogP contribution in [0.4, 0.5) is 5.69 Å². The summed E-state index contributed by atoms with van der Waals surface area (Å²) in [6.45, 7) is 1.96. The third-order valence-corrected chi connectivity index (χ3v) is 7.12. The maximum absolute atomic E-state index is 13.8. The lowest BCUT2D eigenvalue weighted by molar-refractivity contribution is -0.128. The molecule has 3 aliphatic carbocycles. The molecule has 0 aromatic heterocycles. The van der Waals surface area contributed by atoms with Crippen LogP contribution in [-0.2, 0) is 9.59 Å². The van der Waals surface area contributed by atoms with E-state index in [2.05, 4.69) is 24.3 Å². The molecule has 0 radical (unpaired) electrons. The SMILES string of the molecule is C[C@]12C(=O)N(c3ccc(O)cc3)C(=O)[C@@H]1C1c3ccccc3C2c2ccccc21. The van der Waals surface area contributed by atoms with E-state index in [1.54, 1.807) is 12.1 Å². The van der Waals surface area contributed by atoms with E-state index >= 15 is 0 Å². The summed E-state index contributed by atoms with van der Waals surface area (Å²) < 4.78 is 0. The molecule has 7 rings (SSSR count). The van der Waals surface area contributed by atoms with E-state index in [0.717, 1.165) is 22.3 Å². The number of amides is 2. The van der Waals surface area contributed by atoms with Crippen LogP contribution < -0.4 is 4.90 Å². The van der Waals surface area contributed by atoms with Crippen molar-refractivity contribution in [3.8, 4) is 5.75 Å². The number of anilines is 1. The van der Waals surface area contributed by atoms with Crippen LogP contribution in [-0.4, -0.2) is 16.9 Å². The molecule has 142 valence electrons. The van der Waals surface area contributed by atoms with Crippen molar-refractivity contribution in [2.24, 2.45) is 11.3 Å². The van der Waals surface area contributed by atoms with E-state index in [1.807, 2.05) is 31.2 Å². The molecule has 1 fully saturated rings. The molecule has 0 saturated carbocycles. The van der Waals surface area contributed by atoms with Crippen molar-refractivity contribution in [3.05, 3.63) is 95.1 Å². The van der Waals surface area contributed by atoms with Gasteiger partial charge in [-0.3, -0.25) is 9.59 Å². The summed E-state index contributed by atoms with van der Waals surface area (Å²) >= 11 is 0. The van der Waals surface area contributed by atoms with Gasteiger partial charge in [0.15, 0.2) is 0 Å². The van der Waals surface area contributed by atoms with Crippen LogP contribution in [0.5, 0.6) is 5.75 Å². The van der Waals surface area contributed by atoms with E-state index < -0.39 is 11.3 Å². The second kappa shape index (κ2) is 5.35. The number of hydrogen-bond donors (Lipinski definition) is 1. The first-order chi connectivity index (χ1) is 14.0. The average molecular weight is 381 g/mol. The third kappa shape index (κ3) is 1.84. The number of carbonyl (C=O) groups is 2. The Balaban J connectivity index is 1.61. The van der Waals surface area contributed by atoms with Gasteiger partial charge in [0.1, 0.15) is 5.75 Å². The molecule has 4 aliphatic rings. The van der Waals surface area contributed by atoms with Gasteiger partial charge in [-0.15, -0.1) is 0 Å². The van der Waals surface area contributed by atoms with E-state index in [9.17, 15) is 14.7 Å². The Bertz CT molecular complexity index is 1150. The quantitative estimate of drug-likeness (QED) is 0.644. The molecule has 29 heavy (non-hydrogen) atoms. The minimum Gasteiger partial charge on any atom is -0.508 e.